The lowest BCUT2D eigenvalue weighted by atomic mass is 10.2. The van der Waals surface area contributed by atoms with E-state index in [0.29, 0.717) is 22.0 Å². The first kappa shape index (κ1) is 26.8. The van der Waals surface area contributed by atoms with Gasteiger partial charge in [-0.1, -0.05) is 23.9 Å². The fourth-order valence-electron chi connectivity index (χ4n) is 3.13. The molecule has 0 spiro atoms. The van der Waals surface area contributed by atoms with Crippen LogP contribution in [0.4, 0.5) is 18.9 Å². The van der Waals surface area contributed by atoms with Crippen molar-refractivity contribution in [2.24, 2.45) is 0 Å². The van der Waals surface area contributed by atoms with Crippen molar-refractivity contribution in [2.75, 3.05) is 17.2 Å². The van der Waals surface area contributed by atoms with E-state index in [1.54, 1.807) is 36.5 Å². The van der Waals surface area contributed by atoms with Crippen LogP contribution >= 0.6 is 23.7 Å². The molecule has 2 heterocycles. The van der Waals surface area contributed by atoms with Gasteiger partial charge in [0.1, 0.15) is 5.69 Å². The molecule has 4 rings (SSSR count). The van der Waals surface area contributed by atoms with Gasteiger partial charge in [0.2, 0.25) is 11.7 Å². The van der Waals surface area contributed by atoms with Gasteiger partial charge in [-0.25, -0.2) is 32.2 Å². The van der Waals surface area contributed by atoms with E-state index in [2.05, 4.69) is 19.7 Å². The first-order valence-corrected chi connectivity index (χ1v) is 14.6. The summed E-state index contributed by atoms with van der Waals surface area (Å²) in [6.45, 7) is 0. The first-order chi connectivity index (χ1) is 17.7. The minimum absolute atomic E-state index is 0.0847. The molecule has 0 unspecified atom stereocenters. The summed E-state index contributed by atoms with van der Waals surface area (Å²) < 4.78 is 75.4. The Kier molecular flexibility index (Phi) is 8.25. The highest BCUT2D eigenvalue weighted by Gasteiger charge is 2.22. The van der Waals surface area contributed by atoms with Gasteiger partial charge in [0.05, 0.1) is 16.2 Å². The number of halogens is 3. The number of thioether (sulfide) groups is 1. The molecule has 0 bridgehead atoms. The Balaban J connectivity index is 1.51. The van der Waals surface area contributed by atoms with Crippen molar-refractivity contribution < 1.29 is 26.3 Å². The smallest absolute Gasteiger partial charge is 0.228 e. The van der Waals surface area contributed by atoms with E-state index in [1.165, 1.54) is 30.1 Å². The normalized spacial score (nSPS) is 11.4. The molecule has 0 amide bonds. The summed E-state index contributed by atoms with van der Waals surface area (Å²) >= 11 is 2.23. The van der Waals surface area contributed by atoms with E-state index in [9.17, 15) is 21.6 Å². The zero-order valence-electron chi connectivity index (χ0n) is 19.4. The van der Waals surface area contributed by atoms with Crippen molar-refractivity contribution in [1.29, 1.82) is 0 Å². The second kappa shape index (κ2) is 11.4. The number of hydrogen-bond donors (Lipinski definition) is 1. The molecule has 0 aliphatic heterocycles. The van der Waals surface area contributed by atoms with Gasteiger partial charge in [-0.3, -0.25) is 0 Å². The molecule has 4 aromatic rings. The van der Waals surface area contributed by atoms with Gasteiger partial charge in [0, 0.05) is 30.5 Å². The van der Waals surface area contributed by atoms with E-state index in [-0.39, 0.29) is 16.5 Å². The van der Waals surface area contributed by atoms with Crippen LogP contribution in [-0.2, 0) is 15.6 Å². The van der Waals surface area contributed by atoms with Gasteiger partial charge in [0.15, 0.2) is 32.4 Å². The third-order valence-electron chi connectivity index (χ3n) is 4.96. The second-order valence-electron chi connectivity index (χ2n) is 7.55. The Morgan fingerprint density at radius 1 is 1.00 bits per heavy atom. The topological polar surface area (TPSA) is 94.1 Å². The molecule has 0 aliphatic carbocycles. The molecule has 1 N–H and O–H groups in total. The number of rotatable bonds is 9. The monoisotopic (exact) mass is 564 g/mol. The number of aromatic nitrogens is 3. The summed E-state index contributed by atoms with van der Waals surface area (Å²) in [5.41, 5.74) is 0.857. The lowest BCUT2D eigenvalue weighted by Crippen LogP contribution is -2.03. The maximum Gasteiger partial charge on any atom is 0.228 e. The molecule has 0 saturated carbocycles. The third kappa shape index (κ3) is 6.35. The van der Waals surface area contributed by atoms with E-state index in [4.69, 9.17) is 4.74 Å². The van der Waals surface area contributed by atoms with E-state index >= 15 is 0 Å². The highest BCUT2D eigenvalue weighted by Crippen LogP contribution is 2.36. The van der Waals surface area contributed by atoms with Gasteiger partial charge in [0.25, 0.3) is 0 Å². The van der Waals surface area contributed by atoms with Crippen molar-refractivity contribution in [2.45, 2.75) is 15.8 Å². The predicted octanol–water partition coefficient (Wildman–Crippen LogP) is 6.13. The van der Waals surface area contributed by atoms with Crippen LogP contribution in [0.5, 0.6) is 11.6 Å². The molecule has 0 radical (unpaired) electrons. The fourth-order valence-corrected chi connectivity index (χ4v) is 4.88. The fraction of sp³-hybridized carbons (Fsp3) is 0.125. The Labute approximate surface area is 220 Å². The highest BCUT2D eigenvalue weighted by atomic mass is 32.2. The van der Waals surface area contributed by atoms with Crippen molar-refractivity contribution in [3.63, 3.8) is 0 Å². The molecule has 37 heavy (non-hydrogen) atoms. The Hall–Kier alpha value is -3.29. The molecule has 2 aromatic carbocycles. The summed E-state index contributed by atoms with van der Waals surface area (Å²) in [5.74, 6) is -4.46. The molecular weight excluding hydrogens is 545 g/mol. The van der Waals surface area contributed by atoms with Crippen molar-refractivity contribution in [1.82, 2.24) is 15.0 Å². The molecule has 13 heteroatoms. The molecule has 0 atom stereocenters. The molecule has 0 saturated heterocycles. The lowest BCUT2D eigenvalue weighted by molar-refractivity contribution is 0.401. The van der Waals surface area contributed by atoms with Crippen LogP contribution in [0.15, 0.2) is 71.0 Å². The molecule has 0 fully saturated rings. The van der Waals surface area contributed by atoms with Gasteiger partial charge in [-0.15, -0.1) is 0 Å². The number of anilines is 1. The number of hydrogen-bond acceptors (Lipinski definition) is 9. The lowest BCUT2D eigenvalue weighted by Gasteiger charge is -2.14. The maximum absolute atomic E-state index is 14.9. The van der Waals surface area contributed by atoms with Gasteiger partial charge >= 0.3 is 0 Å². The van der Waals surface area contributed by atoms with E-state index in [0.717, 1.165) is 24.3 Å². The second-order valence-corrected chi connectivity index (χ2v) is 11.1. The summed E-state index contributed by atoms with van der Waals surface area (Å²) in [4.78, 5) is 12.7. The van der Waals surface area contributed by atoms with Crippen LogP contribution in [0.1, 0.15) is 5.56 Å². The quantitative estimate of drug-likeness (QED) is 0.111. The summed E-state index contributed by atoms with van der Waals surface area (Å²) in [6.07, 6.45) is 5.85. The van der Waals surface area contributed by atoms with E-state index < -0.39 is 38.7 Å². The third-order valence-corrected chi connectivity index (χ3v) is 7.48. The number of ether oxygens (including phenoxy) is 1. The van der Waals surface area contributed by atoms with Gasteiger partial charge in [-0.05, 0) is 54.1 Å². The van der Waals surface area contributed by atoms with Crippen LogP contribution < -0.4 is 9.46 Å². The van der Waals surface area contributed by atoms with Crippen LogP contribution in [0.3, 0.4) is 0 Å². The largest absolute Gasteiger partial charge is 0.435 e. The molecule has 2 aromatic heterocycles. The number of sulfone groups is 1. The summed E-state index contributed by atoms with van der Waals surface area (Å²) in [5, 5.41) is 0.495. The molecule has 192 valence electrons. The predicted molar refractivity (Wildman–Crippen MR) is 138 cm³/mol. The van der Waals surface area contributed by atoms with Crippen molar-refractivity contribution in [3.05, 3.63) is 83.9 Å². The Bertz CT molecular complexity index is 1540. The average molecular weight is 565 g/mol. The zero-order valence-corrected chi connectivity index (χ0v) is 21.9. The van der Waals surface area contributed by atoms with Crippen LogP contribution in [0, 0.1) is 17.5 Å². The van der Waals surface area contributed by atoms with Gasteiger partial charge in [-0.2, -0.15) is 4.39 Å². The highest BCUT2D eigenvalue weighted by molar-refractivity contribution is 7.99. The summed E-state index contributed by atoms with van der Waals surface area (Å²) in [6, 6.07) is 11.6. The van der Waals surface area contributed by atoms with E-state index in [1.807, 2.05) is 6.26 Å². The molecule has 7 nitrogen and oxygen atoms in total. The molecule has 0 aliphatic rings. The zero-order chi connectivity index (χ0) is 26.6. The minimum atomic E-state index is -3.33. The Morgan fingerprint density at radius 2 is 1.76 bits per heavy atom. The van der Waals surface area contributed by atoms with Crippen LogP contribution in [-0.4, -0.2) is 35.9 Å². The van der Waals surface area contributed by atoms with Crippen LogP contribution in [0.25, 0.3) is 11.3 Å². The SMILES string of the molecule is CSc1nccc(-c2cccnc2Oc2cc(F)c(NSCc3ccc(S(C)(=O)=O)cc3)c(F)c2F)n1. The number of benzene rings is 2. The summed E-state index contributed by atoms with van der Waals surface area (Å²) in [7, 11) is -3.33. The number of nitrogens with zero attached hydrogens (tertiary/aromatic N) is 3. The number of pyridine rings is 1. The van der Waals surface area contributed by atoms with Crippen LogP contribution in [0.2, 0.25) is 0 Å². The average Bonchev–Trinajstić information content (AvgIpc) is 2.89. The minimum Gasteiger partial charge on any atom is -0.435 e. The van der Waals surface area contributed by atoms with Crippen molar-refractivity contribution in [3.8, 4) is 22.9 Å². The maximum atomic E-state index is 14.9. The van der Waals surface area contributed by atoms with Crippen molar-refractivity contribution >= 4 is 39.2 Å². The number of nitrogens with one attached hydrogen (secondary N) is 1. The Morgan fingerprint density at radius 3 is 2.46 bits per heavy atom. The molecular formula is C24H19F3N4O3S3. The van der Waals surface area contributed by atoms with Gasteiger partial charge < -0.3 is 9.46 Å². The standard InChI is InChI=1S/C24H19F3N4O3S3/c1-35-24-29-11-9-18(30-24)16-4-3-10-28-23(16)34-19-12-17(25)22(21(27)20(19)26)31-36-13-14-5-7-15(8-6-14)37(2,32)33/h3-12,31H,13H2,1-2H3. The first-order valence-electron chi connectivity index (χ1n) is 10.5.